The van der Waals surface area contributed by atoms with Gasteiger partial charge >= 0.3 is 0 Å². The van der Waals surface area contributed by atoms with Crippen LogP contribution in [0.1, 0.15) is 31.1 Å². The summed E-state index contributed by atoms with van der Waals surface area (Å²) in [5.41, 5.74) is 4.21. The molecule has 0 fully saturated rings. The van der Waals surface area contributed by atoms with Gasteiger partial charge in [-0.2, -0.15) is 4.98 Å². The molecule has 0 bridgehead atoms. The van der Waals surface area contributed by atoms with Crippen molar-refractivity contribution < 1.29 is 14.2 Å². The van der Waals surface area contributed by atoms with Gasteiger partial charge in [0.15, 0.2) is 5.82 Å². The molecule has 0 saturated heterocycles. The lowest BCUT2D eigenvalue weighted by Gasteiger charge is -2.19. The van der Waals surface area contributed by atoms with Gasteiger partial charge in [-0.05, 0) is 43.3 Å². The van der Waals surface area contributed by atoms with E-state index >= 15 is 0 Å². The van der Waals surface area contributed by atoms with Crippen LogP contribution in [-0.4, -0.2) is 34.8 Å². The summed E-state index contributed by atoms with van der Waals surface area (Å²) in [4.78, 5) is 25.6. The lowest BCUT2D eigenvalue weighted by molar-refractivity contribution is 0.0364. The molecule has 8 nitrogen and oxygen atoms in total. The van der Waals surface area contributed by atoms with Crippen molar-refractivity contribution in [1.82, 2.24) is 15.4 Å². The smallest absolute Gasteiger partial charge is 0.274 e. The number of nitrogens with one attached hydrogen (secondary N) is 3. The van der Waals surface area contributed by atoms with Gasteiger partial charge in [0.2, 0.25) is 5.95 Å². The molecule has 1 aromatic heterocycles. The molecule has 33 heavy (non-hydrogen) atoms. The second-order valence-corrected chi connectivity index (χ2v) is 11.1. The Kier molecular flexibility index (Phi) is 8.44. The van der Waals surface area contributed by atoms with Crippen molar-refractivity contribution in [3.63, 3.8) is 0 Å². The molecule has 0 spiro atoms. The molecule has 1 heterocycles. The molecule has 3 aromatic rings. The first-order valence-corrected chi connectivity index (χ1v) is 13.1. The van der Waals surface area contributed by atoms with Gasteiger partial charge in [-0.3, -0.25) is 9.63 Å². The number of nitrogens with zero attached hydrogens (tertiary/aromatic N) is 2. The maximum absolute atomic E-state index is 13.3. The first kappa shape index (κ1) is 24.7. The number of rotatable bonds is 10. The molecular formula is C23H27ClN5O3P. The quantitative estimate of drug-likeness (QED) is 0.262. The Bertz CT molecular complexity index is 1150. The van der Waals surface area contributed by atoms with Crippen LogP contribution in [0.15, 0.2) is 54.7 Å². The van der Waals surface area contributed by atoms with Gasteiger partial charge in [0.25, 0.3) is 5.91 Å². The highest BCUT2D eigenvalue weighted by atomic mass is 35.5. The molecule has 2 aromatic carbocycles. The van der Waals surface area contributed by atoms with E-state index in [0.717, 1.165) is 5.30 Å². The van der Waals surface area contributed by atoms with Crippen LogP contribution in [0.25, 0.3) is 0 Å². The summed E-state index contributed by atoms with van der Waals surface area (Å²) in [5.74, 6) is 0.390. The summed E-state index contributed by atoms with van der Waals surface area (Å²) < 4.78 is 13.3. The van der Waals surface area contributed by atoms with Crippen LogP contribution in [0.2, 0.25) is 5.02 Å². The molecule has 1 amide bonds. The Labute approximate surface area is 198 Å². The first-order chi connectivity index (χ1) is 15.9. The van der Waals surface area contributed by atoms with E-state index in [0.29, 0.717) is 52.7 Å². The molecule has 3 rings (SSSR count). The zero-order chi connectivity index (χ0) is 23.8. The predicted octanol–water partition coefficient (Wildman–Crippen LogP) is 5.33. The molecule has 0 aliphatic carbocycles. The van der Waals surface area contributed by atoms with E-state index in [2.05, 4.69) is 26.1 Å². The number of hydrogen-bond acceptors (Lipinski definition) is 7. The minimum atomic E-state index is -2.52. The number of hydroxylamine groups is 1. The summed E-state index contributed by atoms with van der Waals surface area (Å²) in [6, 6.07) is 14.3. The summed E-state index contributed by atoms with van der Waals surface area (Å²) in [6.07, 6.45) is 2.64. The third kappa shape index (κ3) is 6.11. The van der Waals surface area contributed by atoms with E-state index < -0.39 is 7.14 Å². The van der Waals surface area contributed by atoms with Crippen LogP contribution in [0, 0.1) is 0 Å². The van der Waals surface area contributed by atoms with E-state index in [-0.39, 0.29) is 5.91 Å². The fraction of sp³-hybridized carbons (Fsp3) is 0.261. The van der Waals surface area contributed by atoms with E-state index in [4.69, 9.17) is 16.4 Å². The highest BCUT2D eigenvalue weighted by molar-refractivity contribution is 7.71. The van der Waals surface area contributed by atoms with Crippen LogP contribution < -0.4 is 21.4 Å². The minimum Gasteiger partial charge on any atom is -0.338 e. The van der Waals surface area contributed by atoms with E-state index in [1.54, 1.807) is 31.2 Å². The van der Waals surface area contributed by atoms with Gasteiger partial charge in [0, 0.05) is 28.9 Å². The van der Waals surface area contributed by atoms with Gasteiger partial charge in [0.05, 0.1) is 18.5 Å². The van der Waals surface area contributed by atoms with Crippen molar-refractivity contribution in [2.45, 2.75) is 20.8 Å². The van der Waals surface area contributed by atoms with Gasteiger partial charge in [-0.1, -0.05) is 37.6 Å². The van der Waals surface area contributed by atoms with Gasteiger partial charge in [0.1, 0.15) is 12.2 Å². The van der Waals surface area contributed by atoms with Gasteiger partial charge < -0.3 is 15.2 Å². The first-order valence-electron chi connectivity index (χ1n) is 10.7. The van der Waals surface area contributed by atoms with Crippen molar-refractivity contribution in [3.05, 3.63) is 65.3 Å². The standard InChI is InChI=1S/C23H27ClN5O3P/c1-4-32-29-22(30)16-11-13-17(14-12-16)26-23-25-15-18(24)21(28-23)27-19-9-7-8-10-20(19)33(31,5-2)6-3/h7-15H,4-6H2,1-3H3,(H,29,30)(H2,25,26,27,28). The summed E-state index contributed by atoms with van der Waals surface area (Å²) in [6.45, 7) is 6.04. The number of halogens is 1. The fourth-order valence-corrected chi connectivity index (χ4v) is 5.37. The Hall–Kier alpha value is -2.93. The lowest BCUT2D eigenvalue weighted by Crippen LogP contribution is -2.23. The highest BCUT2D eigenvalue weighted by Crippen LogP contribution is 2.45. The summed E-state index contributed by atoms with van der Waals surface area (Å²) in [7, 11) is -2.52. The second-order valence-electron chi connectivity index (χ2n) is 7.12. The molecule has 0 atom stereocenters. The number of amides is 1. The fourth-order valence-electron chi connectivity index (χ4n) is 3.17. The Morgan fingerprint density at radius 1 is 1.03 bits per heavy atom. The molecular weight excluding hydrogens is 461 g/mol. The minimum absolute atomic E-state index is 0.320. The average molecular weight is 488 g/mol. The van der Waals surface area contributed by atoms with Gasteiger partial charge in [-0.15, -0.1) is 0 Å². The van der Waals surface area contributed by atoms with Crippen LogP contribution in [0.4, 0.5) is 23.1 Å². The maximum atomic E-state index is 13.3. The zero-order valence-corrected chi connectivity index (χ0v) is 20.4. The Morgan fingerprint density at radius 3 is 2.39 bits per heavy atom. The molecule has 10 heteroatoms. The normalized spacial score (nSPS) is 11.2. The summed E-state index contributed by atoms with van der Waals surface area (Å²) >= 11 is 6.34. The number of anilines is 4. The third-order valence-corrected chi connectivity index (χ3v) is 8.66. The molecule has 174 valence electrons. The van der Waals surface area contributed by atoms with Crippen LogP contribution in [0.5, 0.6) is 0 Å². The monoisotopic (exact) mass is 487 g/mol. The maximum Gasteiger partial charge on any atom is 0.274 e. The van der Waals surface area contributed by atoms with Crippen molar-refractivity contribution in [3.8, 4) is 0 Å². The van der Waals surface area contributed by atoms with Crippen molar-refractivity contribution in [1.29, 1.82) is 0 Å². The van der Waals surface area contributed by atoms with Crippen molar-refractivity contribution >= 4 is 53.1 Å². The van der Waals surface area contributed by atoms with Crippen molar-refractivity contribution in [2.75, 3.05) is 29.6 Å². The van der Waals surface area contributed by atoms with E-state index in [1.165, 1.54) is 6.20 Å². The number of benzene rings is 2. The number of para-hydroxylation sites is 1. The van der Waals surface area contributed by atoms with Crippen LogP contribution in [-0.2, 0) is 9.40 Å². The summed E-state index contributed by atoms with van der Waals surface area (Å²) in [5, 5.41) is 7.43. The molecule has 3 N–H and O–H groups in total. The molecule has 0 radical (unpaired) electrons. The zero-order valence-electron chi connectivity index (χ0n) is 18.8. The van der Waals surface area contributed by atoms with E-state index in [1.807, 2.05) is 38.1 Å². The Balaban J connectivity index is 1.80. The largest absolute Gasteiger partial charge is 0.338 e. The predicted molar refractivity (Wildman–Crippen MR) is 134 cm³/mol. The van der Waals surface area contributed by atoms with E-state index in [9.17, 15) is 9.36 Å². The topological polar surface area (TPSA) is 105 Å². The van der Waals surface area contributed by atoms with Gasteiger partial charge in [-0.25, -0.2) is 10.5 Å². The number of carbonyl (C=O) groups excluding carboxylic acids is 1. The second kappa shape index (κ2) is 11.3. The molecule has 0 unspecified atom stereocenters. The Morgan fingerprint density at radius 2 is 1.73 bits per heavy atom. The highest BCUT2D eigenvalue weighted by Gasteiger charge is 2.23. The number of carbonyl (C=O) groups is 1. The molecule has 0 aliphatic rings. The third-order valence-electron chi connectivity index (χ3n) is 5.07. The van der Waals surface area contributed by atoms with Crippen molar-refractivity contribution in [2.24, 2.45) is 0 Å². The number of aromatic nitrogens is 2. The molecule has 0 aliphatic heterocycles. The van der Waals surface area contributed by atoms with Crippen LogP contribution >= 0.6 is 18.7 Å². The average Bonchev–Trinajstić information content (AvgIpc) is 2.85. The lowest BCUT2D eigenvalue weighted by atomic mass is 10.2. The number of hydrogen-bond donors (Lipinski definition) is 3. The van der Waals surface area contributed by atoms with Crippen LogP contribution in [0.3, 0.4) is 0 Å². The SMILES string of the molecule is CCONC(=O)c1ccc(Nc2ncc(Cl)c(Nc3ccccc3P(=O)(CC)CC)n2)cc1. The molecule has 0 saturated carbocycles.